The van der Waals surface area contributed by atoms with E-state index >= 15 is 0 Å². The minimum atomic E-state index is -0.843. The predicted octanol–water partition coefficient (Wildman–Crippen LogP) is 1.36. The highest BCUT2D eigenvalue weighted by molar-refractivity contribution is 7.99. The van der Waals surface area contributed by atoms with Crippen molar-refractivity contribution in [1.29, 1.82) is 0 Å². The molecule has 100 valence electrons. The van der Waals surface area contributed by atoms with Crippen molar-refractivity contribution in [2.75, 3.05) is 19.0 Å². The lowest BCUT2D eigenvalue weighted by Gasteiger charge is -2.21. The maximum Gasteiger partial charge on any atom is 0.313 e. The number of nitrogens with zero attached hydrogens (tertiary/aromatic N) is 3. The molecule has 1 N–H and O–H groups in total. The van der Waals surface area contributed by atoms with Gasteiger partial charge < -0.3 is 14.4 Å². The summed E-state index contributed by atoms with van der Waals surface area (Å²) in [5, 5.41) is 17.5. The summed E-state index contributed by atoms with van der Waals surface area (Å²) in [6, 6.07) is 0.235. The van der Waals surface area contributed by atoms with Gasteiger partial charge >= 0.3 is 5.97 Å². The van der Waals surface area contributed by atoms with Crippen molar-refractivity contribution in [2.24, 2.45) is 5.92 Å². The summed E-state index contributed by atoms with van der Waals surface area (Å²) in [6.45, 7) is 5.56. The molecule has 1 saturated heterocycles. The van der Waals surface area contributed by atoms with Crippen LogP contribution in [-0.4, -0.2) is 44.8 Å². The van der Waals surface area contributed by atoms with E-state index in [9.17, 15) is 4.79 Å². The van der Waals surface area contributed by atoms with Crippen LogP contribution in [0.15, 0.2) is 5.16 Å². The first-order valence-corrected chi connectivity index (χ1v) is 6.92. The van der Waals surface area contributed by atoms with Crippen molar-refractivity contribution in [2.45, 2.75) is 31.5 Å². The molecule has 2 heterocycles. The Labute approximate surface area is 110 Å². The van der Waals surface area contributed by atoms with Crippen molar-refractivity contribution in [3.63, 3.8) is 0 Å². The molecule has 1 aliphatic rings. The molecule has 1 fully saturated rings. The highest BCUT2D eigenvalue weighted by Gasteiger charge is 2.27. The van der Waals surface area contributed by atoms with Crippen molar-refractivity contribution < 1.29 is 14.6 Å². The molecular formula is C11H17N3O3S. The lowest BCUT2D eigenvalue weighted by Crippen LogP contribution is -2.19. The van der Waals surface area contributed by atoms with E-state index in [0.717, 1.165) is 25.5 Å². The quantitative estimate of drug-likeness (QED) is 0.815. The van der Waals surface area contributed by atoms with E-state index in [1.54, 1.807) is 0 Å². The number of aryl methyl sites for hydroxylation is 1. The molecule has 2 atom stereocenters. The molecule has 0 spiro atoms. The first-order valence-electron chi connectivity index (χ1n) is 5.93. The summed E-state index contributed by atoms with van der Waals surface area (Å²) in [4.78, 5) is 10.6. The third-order valence-electron chi connectivity index (χ3n) is 3.21. The number of hydrogen-bond donors (Lipinski definition) is 1. The van der Waals surface area contributed by atoms with Gasteiger partial charge in [-0.05, 0) is 20.3 Å². The van der Waals surface area contributed by atoms with Gasteiger partial charge in [-0.2, -0.15) is 0 Å². The highest BCUT2D eigenvalue weighted by Crippen LogP contribution is 2.30. The second kappa shape index (κ2) is 5.71. The maximum absolute atomic E-state index is 10.6. The molecule has 7 heteroatoms. The van der Waals surface area contributed by atoms with Gasteiger partial charge in [-0.1, -0.05) is 11.8 Å². The van der Waals surface area contributed by atoms with Gasteiger partial charge in [-0.3, -0.25) is 4.79 Å². The third-order valence-corrected chi connectivity index (χ3v) is 4.14. The van der Waals surface area contributed by atoms with Gasteiger partial charge in [0.05, 0.1) is 12.4 Å². The van der Waals surface area contributed by atoms with E-state index in [0.29, 0.717) is 11.1 Å². The molecule has 2 unspecified atom stereocenters. The fraction of sp³-hybridized carbons (Fsp3) is 0.727. The molecule has 0 aliphatic carbocycles. The fourth-order valence-electron chi connectivity index (χ4n) is 2.19. The van der Waals surface area contributed by atoms with Gasteiger partial charge in [0.15, 0.2) is 5.16 Å². The first kappa shape index (κ1) is 13.4. The molecular weight excluding hydrogens is 254 g/mol. The van der Waals surface area contributed by atoms with Crippen LogP contribution >= 0.6 is 11.8 Å². The summed E-state index contributed by atoms with van der Waals surface area (Å²) in [6.07, 6.45) is 1.03. The number of carboxylic acid groups (broad SMARTS) is 1. The molecule has 1 aromatic rings. The van der Waals surface area contributed by atoms with Crippen LogP contribution in [0.4, 0.5) is 0 Å². The summed E-state index contributed by atoms with van der Waals surface area (Å²) in [7, 11) is 0. The second-order valence-corrected chi connectivity index (χ2v) is 5.39. The average molecular weight is 271 g/mol. The standard InChI is InChI=1S/C11H17N3O3S/c1-7(9-3-4-17-5-9)14-8(2)12-13-11(14)18-6-10(15)16/h7,9H,3-6H2,1-2H3,(H,15,16). The number of ether oxygens (including phenoxy) is 1. The summed E-state index contributed by atoms with van der Waals surface area (Å²) >= 11 is 1.21. The highest BCUT2D eigenvalue weighted by atomic mass is 32.2. The van der Waals surface area contributed by atoms with Gasteiger partial charge in [0.25, 0.3) is 0 Å². The fourth-order valence-corrected chi connectivity index (χ4v) is 2.98. The Morgan fingerprint density at radius 2 is 2.44 bits per heavy atom. The number of rotatable bonds is 5. The number of thioether (sulfide) groups is 1. The minimum absolute atomic E-state index is 0.00597. The summed E-state index contributed by atoms with van der Waals surface area (Å²) < 4.78 is 7.42. The first-order chi connectivity index (χ1) is 8.59. The Kier molecular flexibility index (Phi) is 4.23. The van der Waals surface area contributed by atoms with Crippen LogP contribution in [0, 0.1) is 12.8 Å². The largest absolute Gasteiger partial charge is 0.481 e. The van der Waals surface area contributed by atoms with E-state index in [1.807, 2.05) is 11.5 Å². The summed E-state index contributed by atoms with van der Waals surface area (Å²) in [5.74, 6) is 0.432. The van der Waals surface area contributed by atoms with Crippen LogP contribution in [0.5, 0.6) is 0 Å². The van der Waals surface area contributed by atoms with E-state index in [4.69, 9.17) is 9.84 Å². The van der Waals surface area contributed by atoms with Gasteiger partial charge in [-0.15, -0.1) is 10.2 Å². The molecule has 1 aromatic heterocycles. The van der Waals surface area contributed by atoms with E-state index < -0.39 is 5.97 Å². The number of hydrogen-bond acceptors (Lipinski definition) is 5. The maximum atomic E-state index is 10.6. The van der Waals surface area contributed by atoms with Gasteiger partial charge in [0.1, 0.15) is 5.82 Å². The Morgan fingerprint density at radius 3 is 3.06 bits per heavy atom. The molecule has 0 radical (unpaired) electrons. The average Bonchev–Trinajstić information content (AvgIpc) is 2.94. The normalized spacial score (nSPS) is 21.1. The molecule has 1 aliphatic heterocycles. The SMILES string of the molecule is Cc1nnc(SCC(=O)O)n1C(C)C1CCOC1. The van der Waals surface area contributed by atoms with Gasteiger partial charge in [-0.25, -0.2) is 0 Å². The lowest BCUT2D eigenvalue weighted by molar-refractivity contribution is -0.133. The number of carbonyl (C=O) groups is 1. The molecule has 0 saturated carbocycles. The molecule has 18 heavy (non-hydrogen) atoms. The third kappa shape index (κ3) is 2.84. The van der Waals surface area contributed by atoms with Crippen LogP contribution in [0.1, 0.15) is 25.2 Å². The Balaban J connectivity index is 2.14. The number of carboxylic acids is 1. The van der Waals surface area contributed by atoms with Crippen molar-refractivity contribution in [1.82, 2.24) is 14.8 Å². The van der Waals surface area contributed by atoms with Crippen molar-refractivity contribution in [3.8, 4) is 0 Å². The van der Waals surface area contributed by atoms with E-state index in [-0.39, 0.29) is 11.8 Å². The van der Waals surface area contributed by atoms with E-state index in [1.165, 1.54) is 11.8 Å². The smallest absolute Gasteiger partial charge is 0.313 e. The minimum Gasteiger partial charge on any atom is -0.481 e. The zero-order chi connectivity index (χ0) is 13.1. The van der Waals surface area contributed by atoms with Crippen LogP contribution in [0.2, 0.25) is 0 Å². The molecule has 0 aromatic carbocycles. The van der Waals surface area contributed by atoms with Crippen LogP contribution < -0.4 is 0 Å². The van der Waals surface area contributed by atoms with Crippen LogP contribution in [-0.2, 0) is 9.53 Å². The topological polar surface area (TPSA) is 77.2 Å². The number of aliphatic carboxylic acids is 1. The predicted molar refractivity (Wildman–Crippen MR) is 66.8 cm³/mol. The van der Waals surface area contributed by atoms with Crippen molar-refractivity contribution in [3.05, 3.63) is 5.82 Å². The lowest BCUT2D eigenvalue weighted by atomic mass is 10.0. The Morgan fingerprint density at radius 1 is 1.67 bits per heavy atom. The van der Waals surface area contributed by atoms with Crippen LogP contribution in [0.3, 0.4) is 0 Å². The van der Waals surface area contributed by atoms with Gasteiger partial charge in [0, 0.05) is 18.6 Å². The molecule has 0 bridgehead atoms. The van der Waals surface area contributed by atoms with Crippen molar-refractivity contribution >= 4 is 17.7 Å². The summed E-state index contributed by atoms with van der Waals surface area (Å²) in [5.41, 5.74) is 0. The molecule has 0 amide bonds. The Bertz CT molecular complexity index is 429. The second-order valence-electron chi connectivity index (χ2n) is 4.45. The monoisotopic (exact) mass is 271 g/mol. The molecule has 6 nitrogen and oxygen atoms in total. The number of aromatic nitrogens is 3. The zero-order valence-electron chi connectivity index (χ0n) is 10.5. The van der Waals surface area contributed by atoms with E-state index in [2.05, 4.69) is 17.1 Å². The van der Waals surface area contributed by atoms with Crippen LogP contribution in [0.25, 0.3) is 0 Å². The van der Waals surface area contributed by atoms with Gasteiger partial charge in [0.2, 0.25) is 0 Å². The Hall–Kier alpha value is -1.08. The molecule has 2 rings (SSSR count). The zero-order valence-corrected chi connectivity index (χ0v) is 11.3.